The van der Waals surface area contributed by atoms with Gasteiger partial charge in [0.1, 0.15) is 45.2 Å². The van der Waals surface area contributed by atoms with Crippen molar-refractivity contribution in [3.8, 4) is 5.75 Å². The molecule has 3 amide bonds. The zero-order valence-electron chi connectivity index (χ0n) is 46.8. The number of carbonyl (C=O) groups is 3. The topological polar surface area (TPSA) is 367 Å². The van der Waals surface area contributed by atoms with Crippen LogP contribution in [0.2, 0.25) is 0 Å². The molecule has 0 atom stereocenters. The Morgan fingerprint density at radius 1 is 0.444 bits per heavy atom. The maximum Gasteiger partial charge on any atom is 0.407 e. The Morgan fingerprint density at radius 2 is 0.765 bits per heavy atom. The molecule has 24 heteroatoms. The molecule has 0 aliphatic carbocycles. The lowest BCUT2D eigenvalue weighted by molar-refractivity contribution is 0.0512. The minimum absolute atomic E-state index is 0. The molecule has 0 radical (unpaired) electrons. The Kier molecular flexibility index (Phi) is 23.8. The number of anilines is 9. The van der Waals surface area contributed by atoms with Crippen LogP contribution in [0, 0.1) is 0 Å². The van der Waals surface area contributed by atoms with Gasteiger partial charge in [-0.1, -0.05) is 48.5 Å². The van der Waals surface area contributed by atoms with Crippen LogP contribution in [-0.4, -0.2) is 41.7 Å². The van der Waals surface area contributed by atoms with Gasteiger partial charge >= 0.3 is 18.3 Å². The lowest BCUT2D eigenvalue weighted by Gasteiger charge is -2.19. The lowest BCUT2D eigenvalue weighted by atomic mass is 10.1. The van der Waals surface area contributed by atoms with Crippen LogP contribution in [0.3, 0.4) is 0 Å². The Labute approximate surface area is 473 Å². The SMILES string of the molecule is CC(C)(C)OC(=O)NCc1cccc(N)c1.CC(C)(C)OC(=O)NCc1cccc(Nc2c(N)c(=O)c2=O)c1.CCOc1c(Nc2cccc(CNC(=O)OC(C)(C)C)c2)c(=O)c1=O.Cl.NCc1cccc(Nc2c(N)c(=O)c2=O)c1. The highest BCUT2D eigenvalue weighted by molar-refractivity contribution is 5.85. The lowest BCUT2D eigenvalue weighted by Crippen LogP contribution is -2.36. The van der Waals surface area contributed by atoms with E-state index in [-0.39, 0.29) is 59.7 Å². The fourth-order valence-electron chi connectivity index (χ4n) is 6.73. The van der Waals surface area contributed by atoms with Crippen molar-refractivity contribution in [2.45, 2.75) is 112 Å². The number of hydrogen-bond acceptors (Lipinski definition) is 20. The standard InChI is InChI=1S/C18H22N2O5.C16H19N3O4.C12H18N2O2.C11H11N3O2.ClH/c1-5-24-16-13(14(21)15(16)22)20-12-8-6-7-11(9-12)10-19-17(23)25-18(2,3)4;1-16(2,3)23-15(22)18-8-9-5-4-6-10(7-9)19-12-11(17)13(20)14(12)21;1-12(2,3)16-11(15)14-8-9-5-4-6-10(13)7-9;12-5-6-2-1-3-7(4-6)14-9-8(13)10(15)11(9)16;/h6-9,20H,5,10H2,1-4H3,(H,19,23);4-7,19H,8,17H2,1-3H3,(H,18,22);4-7H,8,13H2,1-3H3,(H,14,15);1-4,14H,5,12-13H2;1H. The van der Waals surface area contributed by atoms with Gasteiger partial charge in [0, 0.05) is 48.9 Å². The van der Waals surface area contributed by atoms with Crippen LogP contribution in [0.25, 0.3) is 0 Å². The number of nitrogens with two attached hydrogens (primary N) is 4. The molecule has 7 aromatic rings. The first kappa shape index (κ1) is 66.1. The van der Waals surface area contributed by atoms with Crippen LogP contribution in [0.15, 0.2) is 126 Å². The Bertz CT molecular complexity index is 3500. The Balaban J connectivity index is 0.000000288. The second kappa shape index (κ2) is 29.1. The Hall–Kier alpha value is -9.22. The van der Waals surface area contributed by atoms with E-state index in [1.807, 2.05) is 63.2 Å². The number of halogens is 1. The molecule has 0 spiro atoms. The highest BCUT2D eigenvalue weighted by atomic mass is 35.5. The molecule has 0 heterocycles. The zero-order valence-corrected chi connectivity index (χ0v) is 47.6. The summed E-state index contributed by atoms with van der Waals surface area (Å²) in [5.74, 6) is 0.0600. The van der Waals surface area contributed by atoms with Crippen molar-refractivity contribution in [1.82, 2.24) is 16.0 Å². The molecule has 7 aromatic carbocycles. The fourth-order valence-corrected chi connectivity index (χ4v) is 6.73. The number of benzene rings is 4. The minimum Gasteiger partial charge on any atom is -0.488 e. The van der Waals surface area contributed by atoms with Gasteiger partial charge in [-0.3, -0.25) is 28.8 Å². The van der Waals surface area contributed by atoms with E-state index in [1.165, 1.54) is 0 Å². The number of alkyl carbamates (subject to hydrolysis) is 3. The summed E-state index contributed by atoms with van der Waals surface area (Å²) in [7, 11) is 0. The molecule has 0 aliphatic rings. The van der Waals surface area contributed by atoms with Crippen molar-refractivity contribution in [1.29, 1.82) is 0 Å². The summed E-state index contributed by atoms with van der Waals surface area (Å²) in [4.78, 5) is 102. The minimum atomic E-state index is -0.671. The summed E-state index contributed by atoms with van der Waals surface area (Å²) < 4.78 is 20.6. The number of hydrogen-bond donors (Lipinski definition) is 10. The molecule has 434 valence electrons. The number of carbonyl (C=O) groups excluding carboxylic acids is 3. The third kappa shape index (κ3) is 21.2. The number of nitrogen functional groups attached to an aromatic ring is 3. The summed E-state index contributed by atoms with van der Waals surface area (Å²) in [5, 5.41) is 16.5. The molecule has 0 bridgehead atoms. The van der Waals surface area contributed by atoms with E-state index in [4.69, 9.17) is 41.9 Å². The van der Waals surface area contributed by atoms with E-state index >= 15 is 0 Å². The number of ether oxygens (including phenoxy) is 4. The van der Waals surface area contributed by atoms with Crippen LogP contribution in [0.5, 0.6) is 5.75 Å². The molecule has 14 N–H and O–H groups in total. The third-order valence-corrected chi connectivity index (χ3v) is 10.3. The molecule has 0 saturated carbocycles. The largest absolute Gasteiger partial charge is 0.488 e. The second-order valence-corrected chi connectivity index (χ2v) is 20.7. The first-order valence-corrected chi connectivity index (χ1v) is 25.0. The first-order chi connectivity index (χ1) is 37.4. The molecule has 81 heavy (non-hydrogen) atoms. The Morgan fingerprint density at radius 3 is 1.10 bits per heavy atom. The van der Waals surface area contributed by atoms with Crippen molar-refractivity contribution >= 4 is 81.9 Å². The molecular formula is C57H71ClN10O13. The van der Waals surface area contributed by atoms with E-state index in [0.717, 1.165) is 22.3 Å². The maximum absolute atomic E-state index is 11.7. The van der Waals surface area contributed by atoms with E-state index in [0.29, 0.717) is 42.4 Å². The first-order valence-electron chi connectivity index (χ1n) is 25.0. The number of nitrogens with one attached hydrogen (secondary N) is 6. The number of rotatable bonds is 15. The van der Waals surface area contributed by atoms with E-state index in [9.17, 15) is 43.2 Å². The van der Waals surface area contributed by atoms with Gasteiger partial charge in [0.25, 0.3) is 32.6 Å². The molecular weight excluding hydrogens is 1070 g/mol. The normalized spacial score (nSPS) is 10.9. The molecule has 0 aliphatic heterocycles. The van der Waals surface area contributed by atoms with Gasteiger partial charge in [0.15, 0.2) is 5.75 Å². The molecule has 0 saturated heterocycles. The van der Waals surface area contributed by atoms with Crippen LogP contribution >= 0.6 is 12.4 Å². The van der Waals surface area contributed by atoms with Gasteiger partial charge in [0.05, 0.1) is 6.61 Å². The van der Waals surface area contributed by atoms with Crippen LogP contribution < -0.4 is 92.1 Å². The highest BCUT2D eigenvalue weighted by Crippen LogP contribution is 2.24. The van der Waals surface area contributed by atoms with E-state index < -0.39 is 67.7 Å². The molecule has 23 nitrogen and oxygen atoms in total. The van der Waals surface area contributed by atoms with Crippen LogP contribution in [-0.2, 0) is 40.4 Å². The van der Waals surface area contributed by atoms with Gasteiger partial charge in [-0.05, 0) is 140 Å². The van der Waals surface area contributed by atoms with Gasteiger partial charge < -0.3 is 73.8 Å². The van der Waals surface area contributed by atoms with E-state index in [2.05, 4.69) is 31.9 Å². The summed E-state index contributed by atoms with van der Waals surface area (Å²) in [5.41, 5.74) is 23.1. The zero-order chi connectivity index (χ0) is 59.7. The average Bonchev–Trinajstić information content (AvgIpc) is 3.40. The fraction of sp³-hybridized carbons (Fsp3) is 0.316. The van der Waals surface area contributed by atoms with E-state index in [1.54, 1.807) is 103 Å². The molecule has 0 fully saturated rings. The van der Waals surface area contributed by atoms with Crippen molar-refractivity contribution in [3.05, 3.63) is 181 Å². The molecule has 0 aromatic heterocycles. The van der Waals surface area contributed by atoms with Crippen molar-refractivity contribution in [3.63, 3.8) is 0 Å². The predicted molar refractivity (Wildman–Crippen MR) is 318 cm³/mol. The molecule has 0 unspecified atom stereocenters. The quantitative estimate of drug-likeness (QED) is 0.0284. The summed E-state index contributed by atoms with van der Waals surface area (Å²) in [6.45, 7) is 19.6. The third-order valence-electron chi connectivity index (χ3n) is 10.3. The van der Waals surface area contributed by atoms with Gasteiger partial charge in [0.2, 0.25) is 0 Å². The monoisotopic (exact) mass is 1140 g/mol. The average molecular weight is 1140 g/mol. The number of amides is 3. The molecule has 7 rings (SSSR count). The van der Waals surface area contributed by atoms with Crippen LogP contribution in [0.1, 0.15) is 91.5 Å². The summed E-state index contributed by atoms with van der Waals surface area (Å²) >= 11 is 0. The van der Waals surface area contributed by atoms with Crippen molar-refractivity contribution in [2.75, 3.05) is 39.8 Å². The van der Waals surface area contributed by atoms with Crippen molar-refractivity contribution < 1.29 is 33.3 Å². The second-order valence-electron chi connectivity index (χ2n) is 20.7. The smallest absolute Gasteiger partial charge is 0.407 e. The predicted octanol–water partition coefficient (Wildman–Crippen LogP) is 6.87. The van der Waals surface area contributed by atoms with Gasteiger partial charge in [-0.15, -0.1) is 12.4 Å². The van der Waals surface area contributed by atoms with Crippen LogP contribution in [0.4, 0.5) is 65.6 Å². The van der Waals surface area contributed by atoms with Gasteiger partial charge in [-0.2, -0.15) is 0 Å². The highest BCUT2D eigenvalue weighted by Gasteiger charge is 2.24. The van der Waals surface area contributed by atoms with Gasteiger partial charge in [-0.25, -0.2) is 14.4 Å². The van der Waals surface area contributed by atoms with Crippen molar-refractivity contribution in [2.24, 2.45) is 5.73 Å². The summed E-state index contributed by atoms with van der Waals surface area (Å²) in [6, 6.07) is 28.8. The summed E-state index contributed by atoms with van der Waals surface area (Å²) in [6.07, 6.45) is -1.44. The maximum atomic E-state index is 11.7.